The summed E-state index contributed by atoms with van der Waals surface area (Å²) in [5.41, 5.74) is 2.10. The van der Waals surface area contributed by atoms with Gasteiger partial charge >= 0.3 is 5.97 Å². The van der Waals surface area contributed by atoms with Crippen LogP contribution in [0.15, 0.2) is 48.5 Å². The number of para-hydroxylation sites is 3. The summed E-state index contributed by atoms with van der Waals surface area (Å²) in [5, 5.41) is 2.72. The van der Waals surface area contributed by atoms with Gasteiger partial charge in [0.05, 0.1) is 11.4 Å². The molecule has 2 aromatic carbocycles. The van der Waals surface area contributed by atoms with E-state index in [1.165, 1.54) is 11.8 Å². The van der Waals surface area contributed by atoms with Crippen molar-refractivity contribution in [1.29, 1.82) is 0 Å². The summed E-state index contributed by atoms with van der Waals surface area (Å²) in [5.74, 6) is -0.570. The Labute approximate surface area is 169 Å². The summed E-state index contributed by atoms with van der Waals surface area (Å²) in [6, 6.07) is 14.5. The molecule has 2 amide bonds. The molecule has 0 fully saturated rings. The molecule has 1 N–H and O–H groups in total. The quantitative estimate of drug-likeness (QED) is 0.759. The van der Waals surface area contributed by atoms with Crippen LogP contribution in [0.5, 0.6) is 5.75 Å². The molecule has 1 heterocycles. The maximum atomic E-state index is 12.8. The number of hydrogen-bond donors (Lipinski definition) is 1. The third-order valence-corrected chi connectivity index (χ3v) is 4.58. The number of anilines is 2. The van der Waals surface area contributed by atoms with Crippen molar-refractivity contribution in [3.8, 4) is 5.75 Å². The maximum absolute atomic E-state index is 12.8. The van der Waals surface area contributed by atoms with Crippen LogP contribution in [0.25, 0.3) is 0 Å². The van der Waals surface area contributed by atoms with E-state index in [1.54, 1.807) is 30.3 Å². The van der Waals surface area contributed by atoms with Gasteiger partial charge in [0, 0.05) is 0 Å². The third kappa shape index (κ3) is 4.74. The molecule has 0 saturated heterocycles. The first-order chi connectivity index (χ1) is 13.9. The molecular weight excluding hydrogens is 372 g/mol. The standard InChI is InChI=1S/C22H24N2O5/c1-14(2)16-8-4-7-11-19(16)28-13-21(26)29-15(3)22(27)24-12-20(25)23-17-9-5-6-10-18(17)24/h4-11,14-15H,12-13H2,1-3H3,(H,23,25)/t15-/m1/s1. The minimum atomic E-state index is -1.05. The van der Waals surface area contributed by atoms with Gasteiger partial charge in [-0.1, -0.05) is 44.2 Å². The van der Waals surface area contributed by atoms with E-state index < -0.39 is 18.0 Å². The fraction of sp³-hybridized carbons (Fsp3) is 0.318. The van der Waals surface area contributed by atoms with Crippen molar-refractivity contribution in [3.63, 3.8) is 0 Å². The van der Waals surface area contributed by atoms with Gasteiger partial charge in [-0.3, -0.25) is 14.5 Å². The van der Waals surface area contributed by atoms with Crippen molar-refractivity contribution < 1.29 is 23.9 Å². The molecule has 0 radical (unpaired) electrons. The highest BCUT2D eigenvalue weighted by molar-refractivity contribution is 6.11. The number of rotatable bonds is 6. The summed E-state index contributed by atoms with van der Waals surface area (Å²) in [4.78, 5) is 38.2. The van der Waals surface area contributed by atoms with Gasteiger partial charge in [-0.2, -0.15) is 0 Å². The van der Waals surface area contributed by atoms with E-state index in [0.717, 1.165) is 5.56 Å². The van der Waals surface area contributed by atoms with Crippen LogP contribution in [-0.2, 0) is 19.1 Å². The fourth-order valence-electron chi connectivity index (χ4n) is 3.16. The van der Waals surface area contributed by atoms with Crippen molar-refractivity contribution in [1.82, 2.24) is 0 Å². The number of esters is 1. The molecule has 152 valence electrons. The zero-order valence-electron chi connectivity index (χ0n) is 16.7. The van der Waals surface area contributed by atoms with Crippen LogP contribution in [0.1, 0.15) is 32.3 Å². The van der Waals surface area contributed by atoms with E-state index in [1.807, 2.05) is 32.0 Å². The monoisotopic (exact) mass is 396 g/mol. The van der Waals surface area contributed by atoms with Crippen molar-refractivity contribution in [2.24, 2.45) is 0 Å². The Kier molecular flexibility index (Phi) is 6.16. The summed E-state index contributed by atoms with van der Waals surface area (Å²) >= 11 is 0. The lowest BCUT2D eigenvalue weighted by molar-refractivity contribution is -0.155. The van der Waals surface area contributed by atoms with E-state index in [2.05, 4.69) is 5.32 Å². The Morgan fingerprint density at radius 3 is 2.52 bits per heavy atom. The van der Waals surface area contributed by atoms with Crippen LogP contribution < -0.4 is 15.0 Å². The molecule has 0 spiro atoms. The molecule has 2 aromatic rings. The molecule has 0 aliphatic carbocycles. The van der Waals surface area contributed by atoms with Crippen LogP contribution in [0.3, 0.4) is 0 Å². The summed E-state index contributed by atoms with van der Waals surface area (Å²) in [6.07, 6.45) is -1.05. The van der Waals surface area contributed by atoms with Crippen molar-refractivity contribution in [3.05, 3.63) is 54.1 Å². The first kappa shape index (κ1) is 20.4. The summed E-state index contributed by atoms with van der Waals surface area (Å²) in [6.45, 7) is 5.12. The Bertz CT molecular complexity index is 925. The van der Waals surface area contributed by atoms with E-state index >= 15 is 0 Å². The number of benzene rings is 2. The highest BCUT2D eigenvalue weighted by atomic mass is 16.6. The lowest BCUT2D eigenvalue weighted by Gasteiger charge is -2.30. The Morgan fingerprint density at radius 2 is 1.76 bits per heavy atom. The van der Waals surface area contributed by atoms with Crippen LogP contribution in [0.4, 0.5) is 11.4 Å². The van der Waals surface area contributed by atoms with Gasteiger partial charge in [-0.25, -0.2) is 4.79 Å². The topological polar surface area (TPSA) is 84.9 Å². The normalized spacial score (nSPS) is 14.1. The van der Waals surface area contributed by atoms with Crippen molar-refractivity contribution in [2.45, 2.75) is 32.8 Å². The second kappa shape index (κ2) is 8.77. The van der Waals surface area contributed by atoms with Crippen LogP contribution in [0.2, 0.25) is 0 Å². The molecular formula is C22H24N2O5. The molecule has 0 bridgehead atoms. The Morgan fingerprint density at radius 1 is 1.07 bits per heavy atom. The van der Waals surface area contributed by atoms with E-state index in [4.69, 9.17) is 9.47 Å². The Hall–Kier alpha value is -3.35. The summed E-state index contributed by atoms with van der Waals surface area (Å²) in [7, 11) is 0. The number of carbonyl (C=O) groups is 3. The smallest absolute Gasteiger partial charge is 0.344 e. The molecule has 29 heavy (non-hydrogen) atoms. The summed E-state index contributed by atoms with van der Waals surface area (Å²) < 4.78 is 10.8. The third-order valence-electron chi connectivity index (χ3n) is 4.58. The van der Waals surface area contributed by atoms with Crippen molar-refractivity contribution in [2.75, 3.05) is 23.4 Å². The van der Waals surface area contributed by atoms with Crippen LogP contribution >= 0.6 is 0 Å². The number of amides is 2. The number of carbonyl (C=O) groups excluding carboxylic acids is 3. The molecule has 1 atom stereocenters. The number of ether oxygens (including phenoxy) is 2. The molecule has 3 rings (SSSR count). The van der Waals surface area contributed by atoms with Gasteiger partial charge in [0.15, 0.2) is 12.7 Å². The highest BCUT2D eigenvalue weighted by Crippen LogP contribution is 2.29. The van der Waals surface area contributed by atoms with Gasteiger partial charge in [-0.15, -0.1) is 0 Å². The largest absolute Gasteiger partial charge is 0.482 e. The van der Waals surface area contributed by atoms with Gasteiger partial charge in [0.25, 0.3) is 5.91 Å². The first-order valence-electron chi connectivity index (χ1n) is 9.48. The lowest BCUT2D eigenvalue weighted by atomic mass is 10.0. The predicted octanol–water partition coefficient (Wildman–Crippen LogP) is 3.11. The minimum Gasteiger partial charge on any atom is -0.482 e. The molecule has 0 saturated carbocycles. The molecule has 1 aliphatic heterocycles. The lowest BCUT2D eigenvalue weighted by Crippen LogP contribution is -2.47. The number of nitrogens with zero attached hydrogens (tertiary/aromatic N) is 1. The van der Waals surface area contributed by atoms with Crippen LogP contribution in [0, 0.1) is 0 Å². The fourth-order valence-corrected chi connectivity index (χ4v) is 3.16. The SMILES string of the molecule is CC(C)c1ccccc1OCC(=O)O[C@H](C)C(=O)N1CC(=O)Nc2ccccc21. The van der Waals surface area contributed by atoms with Crippen LogP contribution in [-0.4, -0.2) is 37.0 Å². The minimum absolute atomic E-state index is 0.129. The van der Waals surface area contributed by atoms with E-state index in [-0.39, 0.29) is 25.0 Å². The molecule has 7 nitrogen and oxygen atoms in total. The van der Waals surface area contributed by atoms with E-state index in [0.29, 0.717) is 17.1 Å². The second-order valence-corrected chi connectivity index (χ2v) is 7.10. The number of hydrogen-bond acceptors (Lipinski definition) is 5. The predicted molar refractivity (Wildman–Crippen MR) is 109 cm³/mol. The number of fused-ring (bicyclic) bond motifs is 1. The maximum Gasteiger partial charge on any atom is 0.344 e. The zero-order chi connectivity index (χ0) is 21.0. The number of nitrogens with one attached hydrogen (secondary N) is 1. The van der Waals surface area contributed by atoms with Gasteiger partial charge in [0.2, 0.25) is 5.91 Å². The average molecular weight is 396 g/mol. The molecule has 0 unspecified atom stereocenters. The van der Waals surface area contributed by atoms with Gasteiger partial charge in [0.1, 0.15) is 12.3 Å². The van der Waals surface area contributed by atoms with Gasteiger partial charge in [-0.05, 0) is 36.6 Å². The molecule has 1 aliphatic rings. The van der Waals surface area contributed by atoms with Gasteiger partial charge < -0.3 is 14.8 Å². The Balaban J connectivity index is 1.62. The first-order valence-corrected chi connectivity index (χ1v) is 9.48. The molecule has 7 heteroatoms. The van der Waals surface area contributed by atoms with Crippen molar-refractivity contribution >= 4 is 29.2 Å². The molecule has 0 aromatic heterocycles. The second-order valence-electron chi connectivity index (χ2n) is 7.10. The zero-order valence-corrected chi connectivity index (χ0v) is 16.7. The average Bonchev–Trinajstić information content (AvgIpc) is 2.71. The highest BCUT2D eigenvalue weighted by Gasteiger charge is 2.31. The van der Waals surface area contributed by atoms with E-state index in [9.17, 15) is 14.4 Å².